The summed E-state index contributed by atoms with van der Waals surface area (Å²) in [6.07, 6.45) is 2.52. The molecule has 2 rings (SSSR count). The van der Waals surface area contributed by atoms with Gasteiger partial charge in [-0.2, -0.15) is 0 Å². The Balaban J connectivity index is 2.11. The van der Waals surface area contributed by atoms with Crippen LogP contribution in [0, 0.1) is 6.92 Å². The quantitative estimate of drug-likeness (QED) is 0.899. The van der Waals surface area contributed by atoms with Gasteiger partial charge in [0.05, 0.1) is 0 Å². The van der Waals surface area contributed by atoms with Crippen molar-refractivity contribution in [1.82, 2.24) is 5.32 Å². The Kier molecular flexibility index (Phi) is 4.52. The van der Waals surface area contributed by atoms with E-state index in [1.807, 2.05) is 12.1 Å². The van der Waals surface area contributed by atoms with Gasteiger partial charge in [-0.3, -0.25) is 0 Å². The molecule has 0 spiro atoms. The van der Waals surface area contributed by atoms with E-state index in [4.69, 9.17) is 11.6 Å². The Morgan fingerprint density at radius 3 is 2.89 bits per heavy atom. The third kappa shape index (κ3) is 3.18. The van der Waals surface area contributed by atoms with E-state index in [1.165, 1.54) is 24.1 Å². The predicted octanol–water partition coefficient (Wildman–Crippen LogP) is 3.62. The molecule has 0 saturated carbocycles. The second kappa shape index (κ2) is 5.94. The molecule has 1 N–H and O–H groups in total. The van der Waals surface area contributed by atoms with E-state index in [2.05, 4.69) is 37.1 Å². The number of halogens is 1. The van der Waals surface area contributed by atoms with Crippen molar-refractivity contribution in [3.8, 4) is 0 Å². The number of piperidine rings is 1. The average Bonchev–Trinajstić information content (AvgIpc) is 2.32. The van der Waals surface area contributed by atoms with Crippen molar-refractivity contribution in [2.45, 2.75) is 45.7 Å². The topological polar surface area (TPSA) is 15.3 Å². The molecule has 1 heterocycles. The van der Waals surface area contributed by atoms with Crippen molar-refractivity contribution in [2.24, 2.45) is 0 Å². The van der Waals surface area contributed by atoms with Gasteiger partial charge in [-0.1, -0.05) is 31.5 Å². The number of nitrogens with one attached hydrogen (secondary N) is 1. The minimum atomic E-state index is 0.551. The Labute approximate surface area is 115 Å². The fourth-order valence-electron chi connectivity index (χ4n) is 2.74. The maximum absolute atomic E-state index is 6.21. The highest BCUT2D eigenvalue weighted by atomic mass is 35.5. The highest BCUT2D eigenvalue weighted by molar-refractivity contribution is 6.31. The van der Waals surface area contributed by atoms with Gasteiger partial charge >= 0.3 is 0 Å². The lowest BCUT2D eigenvalue weighted by molar-refractivity contribution is 0.394. The van der Waals surface area contributed by atoms with Crippen LogP contribution < -0.4 is 10.2 Å². The summed E-state index contributed by atoms with van der Waals surface area (Å²) in [6, 6.07) is 7.34. The maximum atomic E-state index is 6.21. The number of hydrogen-bond acceptors (Lipinski definition) is 2. The minimum absolute atomic E-state index is 0.551. The molecule has 0 aromatic heterocycles. The summed E-state index contributed by atoms with van der Waals surface area (Å²) in [4.78, 5) is 2.46. The second-order valence-corrected chi connectivity index (χ2v) is 5.90. The lowest BCUT2D eigenvalue weighted by Gasteiger charge is -2.36. The van der Waals surface area contributed by atoms with Gasteiger partial charge in [0.15, 0.2) is 0 Å². The number of rotatable bonds is 3. The summed E-state index contributed by atoms with van der Waals surface area (Å²) in [5.41, 5.74) is 2.49. The number of hydrogen-bond donors (Lipinski definition) is 1. The van der Waals surface area contributed by atoms with Crippen LogP contribution in [-0.4, -0.2) is 25.2 Å². The van der Waals surface area contributed by atoms with Crippen LogP contribution in [0.3, 0.4) is 0 Å². The molecule has 1 aromatic rings. The molecular weight excluding hydrogens is 244 g/mol. The van der Waals surface area contributed by atoms with Gasteiger partial charge in [0.1, 0.15) is 0 Å². The van der Waals surface area contributed by atoms with Crippen LogP contribution in [-0.2, 0) is 0 Å². The van der Waals surface area contributed by atoms with Gasteiger partial charge in [0, 0.05) is 35.9 Å². The van der Waals surface area contributed by atoms with Gasteiger partial charge < -0.3 is 10.2 Å². The van der Waals surface area contributed by atoms with Crippen molar-refractivity contribution in [1.29, 1.82) is 0 Å². The Morgan fingerprint density at radius 1 is 1.39 bits per heavy atom. The Bertz CT molecular complexity index is 403. The lowest BCUT2D eigenvalue weighted by Crippen LogP contribution is -2.48. The second-order valence-electron chi connectivity index (χ2n) is 5.49. The zero-order chi connectivity index (χ0) is 13.1. The molecule has 100 valence electrons. The molecule has 18 heavy (non-hydrogen) atoms. The van der Waals surface area contributed by atoms with Gasteiger partial charge in [0.2, 0.25) is 0 Å². The molecule has 1 aliphatic rings. The van der Waals surface area contributed by atoms with Crippen LogP contribution in [0.15, 0.2) is 18.2 Å². The van der Waals surface area contributed by atoms with Crippen LogP contribution in [0.2, 0.25) is 5.02 Å². The third-order valence-corrected chi connectivity index (χ3v) is 3.98. The number of benzene rings is 1. The summed E-state index contributed by atoms with van der Waals surface area (Å²) < 4.78 is 0. The zero-order valence-corrected chi connectivity index (χ0v) is 12.3. The average molecular weight is 267 g/mol. The maximum Gasteiger partial charge on any atom is 0.0455 e. The first kappa shape index (κ1) is 13.7. The first-order valence-corrected chi connectivity index (χ1v) is 7.22. The number of anilines is 1. The molecule has 0 bridgehead atoms. The molecule has 0 amide bonds. The van der Waals surface area contributed by atoms with E-state index in [0.717, 1.165) is 18.1 Å². The zero-order valence-electron chi connectivity index (χ0n) is 11.5. The normalized spacial score (nSPS) is 20.5. The van der Waals surface area contributed by atoms with Gasteiger partial charge in [-0.25, -0.2) is 0 Å². The van der Waals surface area contributed by atoms with Gasteiger partial charge in [0.25, 0.3) is 0 Å². The molecule has 0 radical (unpaired) electrons. The molecule has 1 aromatic carbocycles. The summed E-state index contributed by atoms with van der Waals surface area (Å²) in [5.74, 6) is 0. The van der Waals surface area contributed by atoms with Crippen molar-refractivity contribution in [3.05, 3.63) is 28.8 Å². The van der Waals surface area contributed by atoms with E-state index in [9.17, 15) is 0 Å². The molecule has 1 fully saturated rings. The molecule has 1 atom stereocenters. The molecule has 1 saturated heterocycles. The fourth-order valence-corrected chi connectivity index (χ4v) is 2.91. The van der Waals surface area contributed by atoms with E-state index in [-0.39, 0.29) is 0 Å². The summed E-state index contributed by atoms with van der Waals surface area (Å²) >= 11 is 6.21. The van der Waals surface area contributed by atoms with Gasteiger partial charge in [-0.15, -0.1) is 0 Å². The fraction of sp³-hybridized carbons (Fsp3) is 0.600. The highest BCUT2D eigenvalue weighted by Crippen LogP contribution is 2.28. The van der Waals surface area contributed by atoms with Crippen LogP contribution in [0.4, 0.5) is 5.69 Å². The first-order chi connectivity index (χ1) is 8.58. The molecule has 2 nitrogen and oxygen atoms in total. The van der Waals surface area contributed by atoms with E-state index in [1.54, 1.807) is 0 Å². The van der Waals surface area contributed by atoms with Gasteiger partial charge in [-0.05, 0) is 37.5 Å². The molecular formula is C15H23ClN2. The Morgan fingerprint density at radius 2 is 2.17 bits per heavy atom. The number of nitrogens with zero attached hydrogens (tertiary/aromatic N) is 1. The van der Waals surface area contributed by atoms with Crippen LogP contribution >= 0.6 is 11.6 Å². The lowest BCUT2D eigenvalue weighted by atomic mass is 10.0. The van der Waals surface area contributed by atoms with E-state index in [0.29, 0.717) is 12.1 Å². The predicted molar refractivity (Wildman–Crippen MR) is 79.7 cm³/mol. The third-order valence-electron chi connectivity index (χ3n) is 3.57. The van der Waals surface area contributed by atoms with Crippen molar-refractivity contribution >= 4 is 17.3 Å². The molecule has 1 aliphatic heterocycles. The standard InChI is InChI=1S/C15H23ClN2/c1-11(2)17-13-6-5-9-18(10-13)15-8-4-7-14(16)12(15)3/h4,7-8,11,13,17H,5-6,9-10H2,1-3H3. The van der Waals surface area contributed by atoms with E-state index < -0.39 is 0 Å². The summed E-state index contributed by atoms with van der Waals surface area (Å²) in [6.45, 7) is 8.75. The largest absolute Gasteiger partial charge is 0.370 e. The van der Waals surface area contributed by atoms with Crippen LogP contribution in [0.1, 0.15) is 32.3 Å². The highest BCUT2D eigenvalue weighted by Gasteiger charge is 2.21. The first-order valence-electron chi connectivity index (χ1n) is 6.84. The van der Waals surface area contributed by atoms with E-state index >= 15 is 0 Å². The molecule has 1 unspecified atom stereocenters. The van der Waals surface area contributed by atoms with Crippen LogP contribution in [0.25, 0.3) is 0 Å². The summed E-state index contributed by atoms with van der Waals surface area (Å²) in [7, 11) is 0. The SMILES string of the molecule is Cc1c(Cl)cccc1N1CCCC(NC(C)C)C1. The minimum Gasteiger partial charge on any atom is -0.370 e. The summed E-state index contributed by atoms with van der Waals surface area (Å²) in [5, 5.41) is 4.51. The van der Waals surface area contributed by atoms with Crippen LogP contribution in [0.5, 0.6) is 0 Å². The molecule has 0 aliphatic carbocycles. The smallest absolute Gasteiger partial charge is 0.0455 e. The van der Waals surface area contributed by atoms with Crippen molar-refractivity contribution in [3.63, 3.8) is 0 Å². The molecule has 3 heteroatoms. The van der Waals surface area contributed by atoms with Crippen molar-refractivity contribution < 1.29 is 0 Å². The Hall–Kier alpha value is -0.730. The monoisotopic (exact) mass is 266 g/mol. The van der Waals surface area contributed by atoms with Crippen molar-refractivity contribution in [2.75, 3.05) is 18.0 Å².